The quantitative estimate of drug-likeness (QED) is 0.484. The minimum atomic E-state index is -3.67. The van der Waals surface area contributed by atoms with Crippen LogP contribution in [0.2, 0.25) is 25.7 Å². The average Bonchev–Trinajstić information content (AvgIpc) is 2.42. The van der Waals surface area contributed by atoms with Crippen LogP contribution in [0.3, 0.4) is 0 Å². The predicted molar refractivity (Wildman–Crippen MR) is 99.8 cm³/mol. The number of benzene rings is 1. The molecule has 0 spiro atoms. The minimum Gasteiger partial charge on any atom is -0.265 e. The van der Waals surface area contributed by atoms with Crippen LogP contribution in [-0.4, -0.2) is 49.6 Å². The molecule has 1 N–H and O–H groups in total. The highest BCUT2D eigenvalue weighted by molar-refractivity contribution is 7.89. The molecular weight excluding hydrogens is 366 g/mol. The van der Waals surface area contributed by atoms with E-state index in [4.69, 9.17) is 4.18 Å². The van der Waals surface area contributed by atoms with Crippen molar-refractivity contribution in [3.63, 3.8) is 0 Å². The van der Waals surface area contributed by atoms with E-state index in [-0.39, 0.29) is 12.3 Å². The van der Waals surface area contributed by atoms with Crippen molar-refractivity contribution in [3.8, 4) is 0 Å². The van der Waals surface area contributed by atoms with Crippen molar-refractivity contribution in [3.05, 3.63) is 35.9 Å². The Hall–Kier alpha value is -0.743. The lowest BCUT2D eigenvalue weighted by molar-refractivity contribution is 0.214. The Balaban J connectivity index is 2.71. The molecule has 0 aliphatic carbocycles. The lowest BCUT2D eigenvalue weighted by Gasteiger charge is -2.19. The van der Waals surface area contributed by atoms with Crippen molar-refractivity contribution in [2.75, 3.05) is 18.6 Å². The van der Waals surface area contributed by atoms with Crippen LogP contribution in [0.5, 0.6) is 0 Å². The fourth-order valence-electron chi connectivity index (χ4n) is 2.00. The molecule has 0 aromatic heterocycles. The van der Waals surface area contributed by atoms with Crippen molar-refractivity contribution in [2.24, 2.45) is 0 Å². The number of sulfonamides is 1. The highest BCUT2D eigenvalue weighted by Crippen LogP contribution is 2.11. The summed E-state index contributed by atoms with van der Waals surface area (Å²) in [6.07, 6.45) is 0.499. The van der Waals surface area contributed by atoms with Crippen LogP contribution in [0.15, 0.2) is 30.3 Å². The number of nitrogens with one attached hydrogen (secondary N) is 1. The van der Waals surface area contributed by atoms with Gasteiger partial charge >= 0.3 is 0 Å². The van der Waals surface area contributed by atoms with Gasteiger partial charge in [-0.25, -0.2) is 13.1 Å². The molecule has 6 nitrogen and oxygen atoms in total. The maximum atomic E-state index is 12.1. The van der Waals surface area contributed by atoms with Crippen molar-refractivity contribution >= 4 is 28.2 Å². The Kier molecular flexibility index (Phi) is 7.61. The van der Waals surface area contributed by atoms with Gasteiger partial charge in [-0.05, 0) is 11.6 Å². The molecule has 1 rings (SSSR count). The van der Waals surface area contributed by atoms with E-state index >= 15 is 0 Å². The van der Waals surface area contributed by atoms with Crippen LogP contribution >= 0.6 is 0 Å². The summed E-state index contributed by atoms with van der Waals surface area (Å²) in [6, 6.07) is 9.88. The predicted octanol–water partition coefficient (Wildman–Crippen LogP) is 1.83. The summed E-state index contributed by atoms with van der Waals surface area (Å²) in [7, 11) is -8.59. The molecule has 0 heterocycles. The van der Waals surface area contributed by atoms with Gasteiger partial charge in [0.1, 0.15) is 0 Å². The third-order valence-electron chi connectivity index (χ3n) is 3.27. The first kappa shape index (κ1) is 21.3. The maximum Gasteiger partial charge on any atom is 0.264 e. The smallest absolute Gasteiger partial charge is 0.264 e. The third kappa shape index (κ3) is 10.2. The van der Waals surface area contributed by atoms with Gasteiger partial charge in [0.05, 0.1) is 18.1 Å². The molecule has 1 atom stereocenters. The molecule has 1 aromatic rings. The van der Waals surface area contributed by atoms with E-state index < -0.39 is 34.3 Å². The summed E-state index contributed by atoms with van der Waals surface area (Å²) in [5, 5.41) is 0. The first-order chi connectivity index (χ1) is 10.9. The topological polar surface area (TPSA) is 89.5 Å². The Morgan fingerprint density at radius 1 is 1.08 bits per heavy atom. The molecule has 24 heavy (non-hydrogen) atoms. The van der Waals surface area contributed by atoms with Gasteiger partial charge in [-0.15, -0.1) is 0 Å². The highest BCUT2D eigenvalue weighted by Gasteiger charge is 2.22. The van der Waals surface area contributed by atoms with Gasteiger partial charge in [0.25, 0.3) is 10.1 Å². The van der Waals surface area contributed by atoms with Gasteiger partial charge < -0.3 is 0 Å². The minimum absolute atomic E-state index is 0.0552. The summed E-state index contributed by atoms with van der Waals surface area (Å²) in [4.78, 5) is 0. The fraction of sp³-hybridized carbons (Fsp3) is 0.600. The van der Waals surface area contributed by atoms with Crippen LogP contribution in [-0.2, 0) is 30.7 Å². The first-order valence-corrected chi connectivity index (χ1v) is 14.9. The van der Waals surface area contributed by atoms with E-state index in [0.29, 0.717) is 12.5 Å². The Morgan fingerprint density at radius 3 is 2.17 bits per heavy atom. The molecule has 0 bridgehead atoms. The molecular formula is C15H27NO5S2Si. The van der Waals surface area contributed by atoms with E-state index in [1.54, 1.807) is 0 Å². The first-order valence-electron chi connectivity index (χ1n) is 7.76. The Morgan fingerprint density at radius 2 is 1.67 bits per heavy atom. The molecule has 0 saturated heterocycles. The maximum absolute atomic E-state index is 12.1. The molecule has 0 amide bonds. The largest absolute Gasteiger partial charge is 0.265 e. The standard InChI is InChI=1S/C15H27NO5S2Si/c1-22(17,18)21-15(12-14-8-6-5-7-9-14)13-16-23(19,20)10-11-24(2,3)4/h5-9,15-16H,10-13H2,1-4H3/t15-/m1/s1. The molecule has 1 aromatic carbocycles. The summed E-state index contributed by atoms with van der Waals surface area (Å²) in [5.41, 5.74) is 0.882. The molecule has 0 unspecified atom stereocenters. The van der Waals surface area contributed by atoms with Gasteiger partial charge in [-0.1, -0.05) is 50.0 Å². The third-order valence-corrected chi connectivity index (χ3v) is 7.35. The molecule has 9 heteroatoms. The molecule has 0 radical (unpaired) electrons. The van der Waals surface area contributed by atoms with E-state index in [1.165, 1.54) is 0 Å². The number of hydrogen-bond acceptors (Lipinski definition) is 5. The van der Waals surface area contributed by atoms with Crippen LogP contribution in [0.4, 0.5) is 0 Å². The van der Waals surface area contributed by atoms with Crippen molar-refractivity contribution < 1.29 is 21.0 Å². The second-order valence-electron chi connectivity index (χ2n) is 7.09. The molecule has 138 valence electrons. The van der Waals surface area contributed by atoms with Crippen LogP contribution in [0.25, 0.3) is 0 Å². The van der Waals surface area contributed by atoms with Crippen molar-refractivity contribution in [1.82, 2.24) is 4.72 Å². The molecule has 0 aliphatic rings. The summed E-state index contributed by atoms with van der Waals surface area (Å²) >= 11 is 0. The van der Waals surface area contributed by atoms with Crippen molar-refractivity contribution in [2.45, 2.75) is 38.2 Å². The average molecular weight is 394 g/mol. The molecule has 0 aliphatic heterocycles. The van der Waals surface area contributed by atoms with E-state index in [9.17, 15) is 16.8 Å². The van der Waals surface area contributed by atoms with Gasteiger partial charge in [0.15, 0.2) is 0 Å². The summed E-state index contributed by atoms with van der Waals surface area (Å²) in [5.74, 6) is 0.0552. The van der Waals surface area contributed by atoms with E-state index in [0.717, 1.165) is 11.8 Å². The SMILES string of the molecule is C[Si](C)(C)CCS(=O)(=O)NC[C@@H](Cc1ccccc1)OS(C)(=O)=O. The van der Waals surface area contributed by atoms with Crippen molar-refractivity contribution in [1.29, 1.82) is 0 Å². The normalized spacial score (nSPS) is 14.5. The highest BCUT2D eigenvalue weighted by atomic mass is 32.2. The summed E-state index contributed by atoms with van der Waals surface area (Å²) < 4.78 is 54.6. The Bertz CT molecular complexity index is 712. The zero-order valence-corrected chi connectivity index (χ0v) is 17.3. The number of hydrogen-bond donors (Lipinski definition) is 1. The van der Waals surface area contributed by atoms with Gasteiger partial charge in [0.2, 0.25) is 10.0 Å². The molecule has 0 saturated carbocycles. The Labute approximate surface area is 146 Å². The van der Waals surface area contributed by atoms with E-state index in [1.807, 2.05) is 30.3 Å². The monoisotopic (exact) mass is 393 g/mol. The molecule has 0 fully saturated rings. The summed E-state index contributed by atoms with van der Waals surface area (Å²) in [6.45, 7) is 6.24. The van der Waals surface area contributed by atoms with Gasteiger partial charge in [-0.3, -0.25) is 4.18 Å². The lowest BCUT2D eigenvalue weighted by atomic mass is 10.1. The lowest BCUT2D eigenvalue weighted by Crippen LogP contribution is -2.38. The zero-order valence-electron chi connectivity index (χ0n) is 14.7. The fourth-order valence-corrected chi connectivity index (χ4v) is 6.74. The number of rotatable bonds is 10. The second kappa shape index (κ2) is 8.57. The van der Waals surface area contributed by atoms with E-state index in [2.05, 4.69) is 24.4 Å². The second-order valence-corrected chi connectivity index (χ2v) is 16.2. The zero-order chi connectivity index (χ0) is 18.4. The van der Waals surface area contributed by atoms with Crippen LogP contribution in [0.1, 0.15) is 5.56 Å². The van der Waals surface area contributed by atoms with Crippen LogP contribution in [0, 0.1) is 0 Å². The van der Waals surface area contributed by atoms with Gasteiger partial charge in [0, 0.05) is 21.0 Å². The van der Waals surface area contributed by atoms with Crippen LogP contribution < -0.4 is 4.72 Å². The van der Waals surface area contributed by atoms with Gasteiger partial charge in [-0.2, -0.15) is 8.42 Å².